The van der Waals surface area contributed by atoms with Gasteiger partial charge in [-0.25, -0.2) is 9.78 Å². The molecule has 0 bridgehead atoms. The maximum atomic E-state index is 13.7. The zero-order valence-corrected chi connectivity index (χ0v) is 23.2. The van der Waals surface area contributed by atoms with Crippen molar-refractivity contribution in [2.75, 3.05) is 5.32 Å². The number of furan rings is 1. The first-order valence-electron chi connectivity index (χ1n) is 14.7. The zero-order valence-electron chi connectivity index (χ0n) is 23.2. The molecule has 0 atom stereocenters. The van der Waals surface area contributed by atoms with Crippen LogP contribution in [0.2, 0.25) is 0 Å². The minimum Gasteiger partial charge on any atom is -0.472 e. The highest BCUT2D eigenvalue weighted by molar-refractivity contribution is 6.05. The Balaban J connectivity index is 1.16. The van der Waals surface area contributed by atoms with Gasteiger partial charge in [0.15, 0.2) is 0 Å². The zero-order chi connectivity index (χ0) is 28.7. The van der Waals surface area contributed by atoms with Gasteiger partial charge in [-0.2, -0.15) is 0 Å². The molecule has 2 aliphatic carbocycles. The van der Waals surface area contributed by atoms with Gasteiger partial charge < -0.3 is 24.0 Å². The number of nitrogens with zero attached hydrogens (tertiary/aromatic N) is 2. The molecule has 2 fully saturated rings. The molecule has 5 aromatic rings. The van der Waals surface area contributed by atoms with E-state index < -0.39 is 11.2 Å². The second-order valence-corrected chi connectivity index (χ2v) is 11.5. The van der Waals surface area contributed by atoms with Gasteiger partial charge in [0.05, 0.1) is 22.9 Å². The Morgan fingerprint density at radius 2 is 1.76 bits per heavy atom. The van der Waals surface area contributed by atoms with Crippen LogP contribution in [-0.2, 0) is 4.79 Å². The minimum atomic E-state index is -1.02. The van der Waals surface area contributed by atoms with Crippen LogP contribution < -0.4 is 16.3 Å². The molecule has 2 aromatic carbocycles. The lowest BCUT2D eigenvalue weighted by Gasteiger charge is -2.29. The van der Waals surface area contributed by atoms with Crippen LogP contribution in [0.5, 0.6) is 0 Å². The van der Waals surface area contributed by atoms with E-state index in [1.165, 1.54) is 25.3 Å². The van der Waals surface area contributed by atoms with Crippen molar-refractivity contribution in [3.05, 3.63) is 83.1 Å². The molecule has 2 aliphatic rings. The number of anilines is 1. The largest absolute Gasteiger partial charge is 0.472 e. The topological polar surface area (TPSA) is 119 Å². The molecule has 7 rings (SSSR count). The molecule has 2 N–H and O–H groups in total. The summed E-state index contributed by atoms with van der Waals surface area (Å²) in [5.41, 5.74) is 2.70. The van der Waals surface area contributed by atoms with E-state index in [1.807, 2.05) is 24.3 Å². The first-order valence-corrected chi connectivity index (χ1v) is 14.7. The van der Waals surface area contributed by atoms with Crippen LogP contribution in [0.3, 0.4) is 0 Å². The molecule has 3 aromatic heterocycles. The molecular weight excluding hydrogens is 532 g/mol. The van der Waals surface area contributed by atoms with Crippen LogP contribution in [0.4, 0.5) is 5.69 Å². The predicted octanol–water partition coefficient (Wildman–Crippen LogP) is 6.59. The Morgan fingerprint density at radius 3 is 2.55 bits per heavy atom. The average molecular weight is 565 g/mol. The van der Waals surface area contributed by atoms with E-state index in [0.717, 1.165) is 48.1 Å². The van der Waals surface area contributed by atoms with Crippen LogP contribution in [-0.4, -0.2) is 26.9 Å². The van der Waals surface area contributed by atoms with Crippen molar-refractivity contribution in [3.63, 3.8) is 0 Å². The minimum absolute atomic E-state index is 0.255. The van der Waals surface area contributed by atoms with Gasteiger partial charge in [-0.05, 0) is 74.2 Å². The standard InChI is InChI=1S/C33H32N4O5/c38-29-13-9-21-18-24(10-12-28(21)42-29)34-32(40)33(15-4-5-16-33)36-31(39)22-8-11-27-26(19-22)35-30(23-14-17-41-20-23)37(27)25-6-2-1-3-7-25/h8-14,17-20,25H,1-7,15-16H2,(H,34,40)(H,36,39). The molecule has 2 amide bonds. The monoisotopic (exact) mass is 564 g/mol. The highest BCUT2D eigenvalue weighted by atomic mass is 16.4. The Morgan fingerprint density at radius 1 is 0.929 bits per heavy atom. The molecule has 0 saturated heterocycles. The molecule has 9 nitrogen and oxygen atoms in total. The normalized spacial score (nSPS) is 17.0. The Kier molecular flexibility index (Phi) is 6.64. The van der Waals surface area contributed by atoms with E-state index in [-0.39, 0.29) is 11.8 Å². The Bertz CT molecular complexity index is 1840. The van der Waals surface area contributed by atoms with Gasteiger partial charge in [0.25, 0.3) is 5.91 Å². The highest BCUT2D eigenvalue weighted by Crippen LogP contribution is 2.37. The number of hydrogen-bond acceptors (Lipinski definition) is 6. The second kappa shape index (κ2) is 10.6. The van der Waals surface area contributed by atoms with Crippen molar-refractivity contribution in [2.24, 2.45) is 0 Å². The number of aromatic nitrogens is 2. The average Bonchev–Trinajstić information content (AvgIpc) is 3.78. The van der Waals surface area contributed by atoms with E-state index in [9.17, 15) is 14.4 Å². The summed E-state index contributed by atoms with van der Waals surface area (Å²) in [5, 5.41) is 6.77. The predicted molar refractivity (Wildman–Crippen MR) is 159 cm³/mol. The summed E-state index contributed by atoms with van der Waals surface area (Å²) < 4.78 is 12.9. The van der Waals surface area contributed by atoms with Crippen LogP contribution in [0.25, 0.3) is 33.4 Å². The number of carbonyl (C=O) groups is 2. The molecule has 42 heavy (non-hydrogen) atoms. The van der Waals surface area contributed by atoms with Crippen molar-refractivity contribution in [1.29, 1.82) is 0 Å². The number of benzene rings is 2. The summed E-state index contributed by atoms with van der Waals surface area (Å²) in [6.07, 6.45) is 12.0. The van der Waals surface area contributed by atoms with Crippen molar-refractivity contribution < 1.29 is 18.4 Å². The van der Waals surface area contributed by atoms with Gasteiger partial charge in [0.1, 0.15) is 23.2 Å². The SMILES string of the molecule is O=C(NC1(C(=O)Nc2ccc3oc(=O)ccc3c2)CCCC1)c1ccc2c(c1)nc(-c1ccoc1)n2C1CCCCC1. The lowest BCUT2D eigenvalue weighted by Crippen LogP contribution is -2.55. The number of fused-ring (bicyclic) bond motifs is 2. The number of rotatable bonds is 6. The molecular formula is C33H32N4O5. The Labute approximate surface area is 241 Å². The second-order valence-electron chi connectivity index (χ2n) is 11.5. The molecule has 3 heterocycles. The summed E-state index contributed by atoms with van der Waals surface area (Å²) in [7, 11) is 0. The Hall–Kier alpha value is -4.66. The quantitative estimate of drug-likeness (QED) is 0.225. The number of amides is 2. The van der Waals surface area contributed by atoms with Crippen molar-refractivity contribution in [1.82, 2.24) is 14.9 Å². The van der Waals surface area contributed by atoms with E-state index in [2.05, 4.69) is 15.2 Å². The van der Waals surface area contributed by atoms with Gasteiger partial charge in [0.2, 0.25) is 5.91 Å². The molecule has 9 heteroatoms. The lowest BCUT2D eigenvalue weighted by molar-refractivity contribution is -0.122. The summed E-state index contributed by atoms with van der Waals surface area (Å²) in [4.78, 5) is 43.8. The van der Waals surface area contributed by atoms with Gasteiger partial charge >= 0.3 is 5.63 Å². The van der Waals surface area contributed by atoms with Gasteiger partial charge in [-0.15, -0.1) is 0 Å². The fourth-order valence-electron chi connectivity index (χ4n) is 6.62. The number of carbonyl (C=O) groups excluding carboxylic acids is 2. The number of hydrogen-bond donors (Lipinski definition) is 2. The van der Waals surface area contributed by atoms with Crippen molar-refractivity contribution >= 4 is 39.5 Å². The maximum Gasteiger partial charge on any atom is 0.336 e. The first kappa shape index (κ1) is 26.3. The summed E-state index contributed by atoms with van der Waals surface area (Å²) >= 11 is 0. The summed E-state index contributed by atoms with van der Waals surface area (Å²) in [5.74, 6) is 0.297. The van der Waals surface area contributed by atoms with E-state index in [1.54, 1.807) is 36.8 Å². The van der Waals surface area contributed by atoms with Crippen LogP contribution >= 0.6 is 0 Å². The third-order valence-electron chi connectivity index (χ3n) is 8.79. The summed E-state index contributed by atoms with van der Waals surface area (Å²) in [6, 6.07) is 16.0. The smallest absolute Gasteiger partial charge is 0.336 e. The molecule has 0 spiro atoms. The molecule has 214 valence electrons. The maximum absolute atomic E-state index is 13.7. The molecule has 0 unspecified atom stereocenters. The lowest BCUT2D eigenvalue weighted by atomic mass is 9.94. The van der Waals surface area contributed by atoms with Gasteiger partial charge in [-0.3, -0.25) is 9.59 Å². The van der Waals surface area contributed by atoms with Crippen LogP contribution in [0.1, 0.15) is 74.2 Å². The van der Waals surface area contributed by atoms with Crippen LogP contribution in [0.15, 0.2) is 80.8 Å². The molecule has 0 aliphatic heterocycles. The number of nitrogens with one attached hydrogen (secondary N) is 2. The third kappa shape index (κ3) is 4.78. The molecule has 0 radical (unpaired) electrons. The first-order chi connectivity index (χ1) is 20.5. The molecule has 2 saturated carbocycles. The van der Waals surface area contributed by atoms with E-state index in [0.29, 0.717) is 41.1 Å². The fourth-order valence-corrected chi connectivity index (χ4v) is 6.62. The van der Waals surface area contributed by atoms with Crippen LogP contribution in [0, 0.1) is 0 Å². The highest BCUT2D eigenvalue weighted by Gasteiger charge is 2.42. The van der Waals surface area contributed by atoms with Gasteiger partial charge in [0, 0.05) is 28.7 Å². The van der Waals surface area contributed by atoms with Crippen molar-refractivity contribution in [2.45, 2.75) is 69.4 Å². The third-order valence-corrected chi connectivity index (χ3v) is 8.79. The summed E-state index contributed by atoms with van der Waals surface area (Å²) in [6.45, 7) is 0. The van der Waals surface area contributed by atoms with E-state index in [4.69, 9.17) is 13.8 Å². The van der Waals surface area contributed by atoms with E-state index >= 15 is 0 Å². The van der Waals surface area contributed by atoms with Crippen molar-refractivity contribution in [3.8, 4) is 11.4 Å². The van der Waals surface area contributed by atoms with Gasteiger partial charge in [-0.1, -0.05) is 32.1 Å². The number of imidazole rings is 1. The fraction of sp³-hybridized carbons (Fsp3) is 0.333.